The molecule has 2 aromatic carbocycles. The summed E-state index contributed by atoms with van der Waals surface area (Å²) >= 11 is 1.44. The molecule has 0 aromatic heterocycles. The number of sulfonamides is 1. The van der Waals surface area contributed by atoms with Crippen molar-refractivity contribution in [2.75, 3.05) is 31.6 Å². The van der Waals surface area contributed by atoms with E-state index in [-0.39, 0.29) is 22.2 Å². The number of benzene rings is 2. The summed E-state index contributed by atoms with van der Waals surface area (Å²) in [6.07, 6.45) is -0.133. The Morgan fingerprint density at radius 1 is 1.09 bits per heavy atom. The van der Waals surface area contributed by atoms with Gasteiger partial charge in [0.25, 0.3) is 0 Å². The van der Waals surface area contributed by atoms with Gasteiger partial charge in [0.2, 0.25) is 15.9 Å². The van der Waals surface area contributed by atoms with Gasteiger partial charge in [-0.25, -0.2) is 8.42 Å². The molecule has 174 valence electrons. The lowest BCUT2D eigenvalue weighted by atomic mass is 10.2. The van der Waals surface area contributed by atoms with E-state index in [4.69, 9.17) is 9.47 Å². The molecule has 1 heterocycles. The fourth-order valence-corrected chi connectivity index (χ4v) is 5.47. The Balaban J connectivity index is 1.82. The molecule has 0 spiro atoms. The SMILES string of the molecule is Cc1ccc(SC(C)C(=O)Nc2cc(S(=O)(=O)N3CCOCC3)ccc2OC(C)C)cc1. The summed E-state index contributed by atoms with van der Waals surface area (Å²) in [6, 6.07) is 12.6. The van der Waals surface area contributed by atoms with Crippen LogP contribution in [-0.2, 0) is 19.6 Å². The third-order valence-corrected chi connectivity index (χ3v) is 7.89. The fraction of sp³-hybridized carbons (Fsp3) is 0.435. The number of aryl methyl sites for hydroxylation is 1. The number of rotatable bonds is 8. The quantitative estimate of drug-likeness (QED) is 0.579. The molecule has 2 aromatic rings. The average Bonchev–Trinajstić information content (AvgIpc) is 2.76. The van der Waals surface area contributed by atoms with E-state index in [1.165, 1.54) is 28.2 Å². The van der Waals surface area contributed by atoms with Gasteiger partial charge in [0.1, 0.15) is 5.75 Å². The van der Waals surface area contributed by atoms with Gasteiger partial charge in [-0.15, -0.1) is 11.8 Å². The number of nitrogens with zero attached hydrogens (tertiary/aromatic N) is 1. The van der Waals surface area contributed by atoms with Crippen LogP contribution in [0.1, 0.15) is 26.3 Å². The average molecular weight is 479 g/mol. The van der Waals surface area contributed by atoms with Crippen molar-refractivity contribution in [3.8, 4) is 5.75 Å². The number of morpholine rings is 1. The summed E-state index contributed by atoms with van der Waals surface area (Å²) in [5.41, 5.74) is 1.50. The molecule has 3 rings (SSSR count). The maximum atomic E-state index is 13.1. The van der Waals surface area contributed by atoms with Crippen LogP contribution in [0.15, 0.2) is 52.3 Å². The topological polar surface area (TPSA) is 84.9 Å². The van der Waals surface area contributed by atoms with Gasteiger partial charge in [-0.05, 0) is 58.0 Å². The minimum atomic E-state index is -3.70. The molecule has 1 amide bonds. The third kappa shape index (κ3) is 6.25. The highest BCUT2D eigenvalue weighted by Crippen LogP contribution is 2.32. The van der Waals surface area contributed by atoms with Crippen molar-refractivity contribution in [1.29, 1.82) is 0 Å². The lowest BCUT2D eigenvalue weighted by Gasteiger charge is -2.26. The largest absolute Gasteiger partial charge is 0.489 e. The number of hydrogen-bond donors (Lipinski definition) is 1. The van der Waals surface area contributed by atoms with Crippen molar-refractivity contribution in [3.05, 3.63) is 48.0 Å². The van der Waals surface area contributed by atoms with Gasteiger partial charge in [0.15, 0.2) is 0 Å². The first-order chi connectivity index (χ1) is 15.2. The van der Waals surface area contributed by atoms with Crippen molar-refractivity contribution in [3.63, 3.8) is 0 Å². The highest BCUT2D eigenvalue weighted by Gasteiger charge is 2.28. The van der Waals surface area contributed by atoms with Crippen molar-refractivity contribution in [1.82, 2.24) is 4.31 Å². The first kappa shape index (κ1) is 24.6. The summed E-state index contributed by atoms with van der Waals surface area (Å²) in [7, 11) is -3.70. The molecule has 1 unspecified atom stereocenters. The second-order valence-corrected chi connectivity index (χ2v) is 11.3. The van der Waals surface area contributed by atoms with E-state index in [1.807, 2.05) is 52.0 Å². The first-order valence-corrected chi connectivity index (χ1v) is 12.9. The van der Waals surface area contributed by atoms with E-state index in [9.17, 15) is 13.2 Å². The van der Waals surface area contributed by atoms with Crippen molar-refractivity contribution in [2.24, 2.45) is 0 Å². The molecule has 0 saturated carbocycles. The number of amides is 1. The van der Waals surface area contributed by atoms with E-state index in [0.29, 0.717) is 37.7 Å². The molecule has 0 aliphatic carbocycles. The maximum Gasteiger partial charge on any atom is 0.243 e. The van der Waals surface area contributed by atoms with Crippen LogP contribution >= 0.6 is 11.8 Å². The van der Waals surface area contributed by atoms with Gasteiger partial charge in [-0.2, -0.15) is 4.31 Å². The number of nitrogens with one attached hydrogen (secondary N) is 1. The molecular formula is C23H30N2O5S2. The lowest BCUT2D eigenvalue weighted by Crippen LogP contribution is -2.40. The molecule has 9 heteroatoms. The zero-order chi connectivity index (χ0) is 23.3. The normalized spacial score (nSPS) is 16.0. The summed E-state index contributed by atoms with van der Waals surface area (Å²) in [5.74, 6) is 0.201. The van der Waals surface area contributed by atoms with Gasteiger partial charge in [-0.1, -0.05) is 17.7 Å². The zero-order valence-corrected chi connectivity index (χ0v) is 20.5. The van der Waals surface area contributed by atoms with Crippen LogP contribution in [0, 0.1) is 6.92 Å². The van der Waals surface area contributed by atoms with Crippen LogP contribution in [0.5, 0.6) is 5.75 Å². The molecule has 0 radical (unpaired) electrons. The van der Waals surface area contributed by atoms with Crippen LogP contribution in [0.2, 0.25) is 0 Å². The molecule has 1 N–H and O–H groups in total. The molecule has 7 nitrogen and oxygen atoms in total. The van der Waals surface area contributed by atoms with Gasteiger partial charge >= 0.3 is 0 Å². The fourth-order valence-electron chi connectivity index (χ4n) is 3.17. The van der Waals surface area contributed by atoms with Crippen molar-refractivity contribution < 1.29 is 22.7 Å². The van der Waals surface area contributed by atoms with E-state index in [1.54, 1.807) is 6.07 Å². The van der Waals surface area contributed by atoms with E-state index < -0.39 is 10.0 Å². The first-order valence-electron chi connectivity index (χ1n) is 10.6. The van der Waals surface area contributed by atoms with Crippen LogP contribution < -0.4 is 10.1 Å². The number of carbonyl (C=O) groups excluding carboxylic acids is 1. The lowest BCUT2D eigenvalue weighted by molar-refractivity contribution is -0.115. The smallest absolute Gasteiger partial charge is 0.243 e. The Kier molecular flexibility index (Phi) is 8.21. The van der Waals surface area contributed by atoms with Crippen molar-refractivity contribution >= 4 is 33.4 Å². The van der Waals surface area contributed by atoms with E-state index >= 15 is 0 Å². The minimum Gasteiger partial charge on any atom is -0.489 e. The second kappa shape index (κ2) is 10.7. The Morgan fingerprint density at radius 3 is 2.38 bits per heavy atom. The standard InChI is InChI=1S/C23H30N2O5S2/c1-16(2)30-22-10-9-20(32(27,28)25-11-13-29-14-12-25)15-21(22)24-23(26)18(4)31-19-7-5-17(3)6-8-19/h5-10,15-16,18H,11-14H2,1-4H3,(H,24,26). The number of anilines is 1. The number of carbonyl (C=O) groups is 1. The predicted molar refractivity (Wildman–Crippen MR) is 127 cm³/mol. The highest BCUT2D eigenvalue weighted by molar-refractivity contribution is 8.00. The number of ether oxygens (including phenoxy) is 2. The molecule has 32 heavy (non-hydrogen) atoms. The second-order valence-electron chi connectivity index (χ2n) is 7.90. The molecule has 1 aliphatic heterocycles. The number of hydrogen-bond acceptors (Lipinski definition) is 6. The van der Waals surface area contributed by atoms with Gasteiger partial charge in [0, 0.05) is 18.0 Å². The van der Waals surface area contributed by atoms with Crippen molar-refractivity contribution in [2.45, 2.75) is 48.8 Å². The highest BCUT2D eigenvalue weighted by atomic mass is 32.2. The monoisotopic (exact) mass is 478 g/mol. The van der Waals surface area contributed by atoms with Gasteiger partial charge in [-0.3, -0.25) is 4.79 Å². The molecular weight excluding hydrogens is 448 g/mol. The minimum absolute atomic E-state index is 0.115. The molecule has 1 fully saturated rings. The number of thioether (sulfide) groups is 1. The zero-order valence-electron chi connectivity index (χ0n) is 18.8. The summed E-state index contributed by atoms with van der Waals surface area (Å²) in [4.78, 5) is 14.0. The molecule has 0 bridgehead atoms. The molecule has 1 atom stereocenters. The third-order valence-electron chi connectivity index (χ3n) is 4.88. The summed E-state index contributed by atoms with van der Waals surface area (Å²) < 4.78 is 38.6. The Hall–Kier alpha value is -2.07. The molecule has 1 saturated heterocycles. The predicted octanol–water partition coefficient (Wildman–Crippen LogP) is 3.92. The maximum absolute atomic E-state index is 13.1. The van der Waals surface area contributed by atoms with E-state index in [0.717, 1.165) is 10.5 Å². The summed E-state index contributed by atoms with van der Waals surface area (Å²) in [5, 5.41) is 2.49. The Labute approximate surface area is 194 Å². The van der Waals surface area contributed by atoms with Crippen LogP contribution in [0.4, 0.5) is 5.69 Å². The Morgan fingerprint density at radius 2 is 1.75 bits per heavy atom. The van der Waals surface area contributed by atoms with Gasteiger partial charge < -0.3 is 14.8 Å². The van der Waals surface area contributed by atoms with E-state index in [2.05, 4.69) is 5.32 Å². The van der Waals surface area contributed by atoms with Gasteiger partial charge in [0.05, 0.1) is 35.2 Å². The Bertz CT molecular complexity index is 1030. The van der Waals surface area contributed by atoms with Crippen LogP contribution in [0.25, 0.3) is 0 Å². The van der Waals surface area contributed by atoms with Crippen LogP contribution in [0.3, 0.4) is 0 Å². The summed E-state index contributed by atoms with van der Waals surface area (Å²) in [6.45, 7) is 8.92. The molecule has 1 aliphatic rings. The van der Waals surface area contributed by atoms with Crippen LogP contribution in [-0.4, -0.2) is 56.3 Å².